The van der Waals surface area contributed by atoms with Crippen LogP contribution in [0.15, 0.2) is 24.3 Å². The van der Waals surface area contributed by atoms with Crippen LogP contribution in [-0.4, -0.2) is 36.6 Å². The Kier molecular flexibility index (Phi) is 3.68. The van der Waals surface area contributed by atoms with Gasteiger partial charge in [0.2, 0.25) is 5.91 Å². The standard InChI is InChI=1S/C16H20N2O3/c19-11-16(7-8-16)10-17-15(21)12-3-5-13(6-4-12)18-9-1-2-14(18)20/h3-6,19H,1-2,7-11H2,(H,17,21). The zero-order chi connectivity index (χ0) is 14.9. The Hall–Kier alpha value is -1.88. The molecule has 1 heterocycles. The highest BCUT2D eigenvalue weighted by Crippen LogP contribution is 2.44. The van der Waals surface area contributed by atoms with Crippen molar-refractivity contribution in [3.63, 3.8) is 0 Å². The normalized spacial score (nSPS) is 19.7. The maximum Gasteiger partial charge on any atom is 0.251 e. The van der Waals surface area contributed by atoms with Gasteiger partial charge in [-0.2, -0.15) is 0 Å². The van der Waals surface area contributed by atoms with Crippen LogP contribution in [-0.2, 0) is 4.79 Å². The third-order valence-electron chi connectivity index (χ3n) is 4.43. The first-order valence-electron chi connectivity index (χ1n) is 7.43. The lowest BCUT2D eigenvalue weighted by Gasteiger charge is -2.16. The fraction of sp³-hybridized carbons (Fsp3) is 0.500. The predicted molar refractivity (Wildman–Crippen MR) is 79.1 cm³/mol. The van der Waals surface area contributed by atoms with E-state index in [0.29, 0.717) is 18.5 Å². The molecule has 1 aromatic rings. The van der Waals surface area contributed by atoms with Crippen molar-refractivity contribution in [1.29, 1.82) is 0 Å². The summed E-state index contributed by atoms with van der Waals surface area (Å²) in [4.78, 5) is 25.5. The molecular weight excluding hydrogens is 268 g/mol. The third-order valence-corrected chi connectivity index (χ3v) is 4.43. The average molecular weight is 288 g/mol. The van der Waals surface area contributed by atoms with E-state index in [1.165, 1.54) is 0 Å². The number of nitrogens with one attached hydrogen (secondary N) is 1. The molecule has 0 atom stereocenters. The minimum Gasteiger partial charge on any atom is -0.396 e. The molecule has 5 heteroatoms. The number of anilines is 1. The molecule has 1 saturated carbocycles. The lowest BCUT2D eigenvalue weighted by molar-refractivity contribution is -0.117. The number of aliphatic hydroxyl groups excluding tert-OH is 1. The quantitative estimate of drug-likeness (QED) is 0.858. The van der Waals surface area contributed by atoms with Crippen LogP contribution in [0.2, 0.25) is 0 Å². The molecule has 2 amide bonds. The number of rotatable bonds is 5. The van der Waals surface area contributed by atoms with E-state index in [2.05, 4.69) is 5.32 Å². The van der Waals surface area contributed by atoms with Crippen molar-refractivity contribution in [2.45, 2.75) is 25.7 Å². The number of aliphatic hydroxyl groups is 1. The molecular formula is C16H20N2O3. The second-order valence-corrected chi connectivity index (χ2v) is 6.04. The van der Waals surface area contributed by atoms with Gasteiger partial charge in [-0.1, -0.05) is 0 Å². The summed E-state index contributed by atoms with van der Waals surface area (Å²) >= 11 is 0. The highest BCUT2D eigenvalue weighted by atomic mass is 16.3. The molecule has 2 aliphatic rings. The van der Waals surface area contributed by atoms with Crippen LogP contribution in [0.4, 0.5) is 5.69 Å². The first-order chi connectivity index (χ1) is 10.1. The van der Waals surface area contributed by atoms with E-state index >= 15 is 0 Å². The van der Waals surface area contributed by atoms with Crippen LogP contribution >= 0.6 is 0 Å². The molecule has 5 nitrogen and oxygen atoms in total. The van der Waals surface area contributed by atoms with Gasteiger partial charge < -0.3 is 15.3 Å². The second kappa shape index (κ2) is 5.48. The minimum atomic E-state index is -0.131. The van der Waals surface area contributed by atoms with E-state index in [1.54, 1.807) is 17.0 Å². The Morgan fingerprint density at radius 3 is 2.52 bits per heavy atom. The summed E-state index contributed by atoms with van der Waals surface area (Å²) in [6.07, 6.45) is 3.44. The van der Waals surface area contributed by atoms with E-state index in [0.717, 1.165) is 31.5 Å². The fourth-order valence-electron chi connectivity index (χ4n) is 2.65. The largest absolute Gasteiger partial charge is 0.396 e. The van der Waals surface area contributed by atoms with Gasteiger partial charge in [-0.15, -0.1) is 0 Å². The Bertz CT molecular complexity index is 549. The van der Waals surface area contributed by atoms with Crippen molar-refractivity contribution in [2.24, 2.45) is 5.41 Å². The Morgan fingerprint density at radius 2 is 2.00 bits per heavy atom. The molecule has 0 spiro atoms. The van der Waals surface area contributed by atoms with Gasteiger partial charge in [0, 0.05) is 36.2 Å². The topological polar surface area (TPSA) is 69.6 Å². The van der Waals surface area contributed by atoms with Crippen LogP contribution in [0.3, 0.4) is 0 Å². The van der Waals surface area contributed by atoms with Gasteiger partial charge in [-0.05, 0) is 43.5 Å². The van der Waals surface area contributed by atoms with Gasteiger partial charge in [0.15, 0.2) is 0 Å². The molecule has 21 heavy (non-hydrogen) atoms. The third kappa shape index (κ3) is 2.93. The van der Waals surface area contributed by atoms with Gasteiger partial charge in [0.25, 0.3) is 5.91 Å². The molecule has 2 fully saturated rings. The number of hydrogen-bond acceptors (Lipinski definition) is 3. The Labute approximate surface area is 123 Å². The van der Waals surface area contributed by atoms with Crippen molar-refractivity contribution in [3.8, 4) is 0 Å². The molecule has 1 aliphatic carbocycles. The second-order valence-electron chi connectivity index (χ2n) is 6.04. The average Bonchev–Trinajstić information content (AvgIpc) is 3.18. The maximum atomic E-state index is 12.1. The number of carbonyl (C=O) groups is 2. The summed E-state index contributed by atoms with van der Waals surface area (Å²) < 4.78 is 0. The summed E-state index contributed by atoms with van der Waals surface area (Å²) in [5, 5.41) is 12.1. The fourth-order valence-corrected chi connectivity index (χ4v) is 2.65. The molecule has 0 radical (unpaired) electrons. The highest BCUT2D eigenvalue weighted by molar-refractivity contribution is 5.97. The predicted octanol–water partition coefficient (Wildman–Crippen LogP) is 1.32. The van der Waals surface area contributed by atoms with E-state index in [9.17, 15) is 14.7 Å². The van der Waals surface area contributed by atoms with Crippen LogP contribution in [0.1, 0.15) is 36.0 Å². The van der Waals surface area contributed by atoms with Gasteiger partial charge in [-0.25, -0.2) is 0 Å². The molecule has 3 rings (SSSR count). The lowest BCUT2D eigenvalue weighted by Crippen LogP contribution is -2.31. The highest BCUT2D eigenvalue weighted by Gasteiger charge is 2.42. The van der Waals surface area contributed by atoms with Crippen LogP contribution in [0.5, 0.6) is 0 Å². The van der Waals surface area contributed by atoms with E-state index < -0.39 is 0 Å². The zero-order valence-corrected chi connectivity index (χ0v) is 12.0. The molecule has 1 aliphatic heterocycles. The molecule has 0 aromatic heterocycles. The molecule has 1 saturated heterocycles. The Balaban J connectivity index is 1.61. The number of carbonyl (C=O) groups excluding carboxylic acids is 2. The summed E-state index contributed by atoms with van der Waals surface area (Å²) in [6.45, 7) is 1.40. The zero-order valence-electron chi connectivity index (χ0n) is 12.0. The van der Waals surface area contributed by atoms with Crippen molar-refractivity contribution in [2.75, 3.05) is 24.6 Å². The summed E-state index contributed by atoms with van der Waals surface area (Å²) in [7, 11) is 0. The molecule has 0 bridgehead atoms. The van der Waals surface area contributed by atoms with Gasteiger partial charge in [0.1, 0.15) is 0 Å². The van der Waals surface area contributed by atoms with Crippen LogP contribution < -0.4 is 10.2 Å². The Morgan fingerprint density at radius 1 is 1.29 bits per heavy atom. The van der Waals surface area contributed by atoms with Crippen molar-refractivity contribution in [3.05, 3.63) is 29.8 Å². The molecule has 2 N–H and O–H groups in total. The first kappa shape index (κ1) is 14.1. The lowest BCUT2D eigenvalue weighted by atomic mass is 10.1. The smallest absolute Gasteiger partial charge is 0.251 e. The SMILES string of the molecule is O=C(NCC1(CO)CC1)c1ccc(N2CCCC2=O)cc1. The van der Waals surface area contributed by atoms with Gasteiger partial charge in [-0.3, -0.25) is 9.59 Å². The molecule has 0 unspecified atom stereocenters. The number of amides is 2. The number of nitrogens with zero attached hydrogens (tertiary/aromatic N) is 1. The van der Waals surface area contributed by atoms with Crippen LogP contribution in [0, 0.1) is 5.41 Å². The van der Waals surface area contributed by atoms with Crippen molar-refractivity contribution in [1.82, 2.24) is 5.32 Å². The van der Waals surface area contributed by atoms with Crippen molar-refractivity contribution < 1.29 is 14.7 Å². The summed E-state index contributed by atoms with van der Waals surface area (Å²) in [5.74, 6) is 0.0137. The minimum absolute atomic E-state index is 0.0857. The van der Waals surface area contributed by atoms with E-state index in [4.69, 9.17) is 0 Å². The van der Waals surface area contributed by atoms with E-state index in [1.807, 2.05) is 12.1 Å². The molecule has 1 aromatic carbocycles. The number of benzene rings is 1. The monoisotopic (exact) mass is 288 g/mol. The van der Waals surface area contributed by atoms with Crippen molar-refractivity contribution >= 4 is 17.5 Å². The van der Waals surface area contributed by atoms with Gasteiger partial charge >= 0.3 is 0 Å². The number of hydrogen-bond donors (Lipinski definition) is 2. The maximum absolute atomic E-state index is 12.1. The van der Waals surface area contributed by atoms with E-state index in [-0.39, 0.29) is 23.8 Å². The van der Waals surface area contributed by atoms with Gasteiger partial charge in [0.05, 0.1) is 6.61 Å². The first-order valence-corrected chi connectivity index (χ1v) is 7.43. The molecule has 112 valence electrons. The summed E-state index contributed by atoms with van der Waals surface area (Å²) in [6, 6.07) is 7.12. The van der Waals surface area contributed by atoms with Crippen LogP contribution in [0.25, 0.3) is 0 Å². The summed E-state index contributed by atoms with van der Waals surface area (Å²) in [5.41, 5.74) is 1.35.